The van der Waals surface area contributed by atoms with Gasteiger partial charge in [0.15, 0.2) is 0 Å². The lowest BCUT2D eigenvalue weighted by Gasteiger charge is -2.16. The van der Waals surface area contributed by atoms with Crippen LogP contribution in [0.4, 0.5) is 0 Å². The Balaban J connectivity index is 4.30. The molecule has 0 spiro atoms. The Morgan fingerprint density at radius 1 is 1.00 bits per heavy atom. The summed E-state index contributed by atoms with van der Waals surface area (Å²) in [6.45, 7) is 7.53. The molecule has 6 heteroatoms. The van der Waals surface area contributed by atoms with Gasteiger partial charge in [-0.3, -0.25) is 9.59 Å². The Kier molecular flexibility index (Phi) is 10.4. The second-order valence-corrected chi connectivity index (χ2v) is 5.24. The Hall–Kier alpha value is -2.11. The molecular weight excluding hydrogens is 296 g/mol. The van der Waals surface area contributed by atoms with Gasteiger partial charge < -0.3 is 15.4 Å². The number of hydrogen-bond acceptors (Lipinski definition) is 4. The molecule has 0 aliphatic heterocycles. The maximum atomic E-state index is 11.8. The third-order valence-corrected chi connectivity index (χ3v) is 3.58. The van der Waals surface area contributed by atoms with Crippen LogP contribution in [0.1, 0.15) is 47.0 Å². The van der Waals surface area contributed by atoms with Crippen molar-refractivity contribution in [2.75, 3.05) is 13.7 Å². The zero-order valence-corrected chi connectivity index (χ0v) is 14.7. The molecule has 0 aromatic rings. The van der Waals surface area contributed by atoms with E-state index in [0.29, 0.717) is 37.0 Å². The van der Waals surface area contributed by atoms with Crippen molar-refractivity contribution in [3.63, 3.8) is 0 Å². The number of rotatable bonds is 9. The number of carbonyl (C=O) groups is 3. The van der Waals surface area contributed by atoms with Gasteiger partial charge in [0.1, 0.15) is 6.04 Å². The highest BCUT2D eigenvalue weighted by Crippen LogP contribution is 2.05. The molecular formula is C17H28N2O4. The Labute approximate surface area is 138 Å². The van der Waals surface area contributed by atoms with Crippen molar-refractivity contribution < 1.29 is 19.1 Å². The van der Waals surface area contributed by atoms with E-state index < -0.39 is 12.0 Å². The minimum atomic E-state index is -0.671. The van der Waals surface area contributed by atoms with Crippen LogP contribution in [-0.4, -0.2) is 37.5 Å². The highest BCUT2D eigenvalue weighted by Gasteiger charge is 2.21. The summed E-state index contributed by atoms with van der Waals surface area (Å²) in [7, 11) is 1.30. The zero-order chi connectivity index (χ0) is 17.8. The molecule has 0 aromatic heterocycles. The van der Waals surface area contributed by atoms with E-state index in [0.717, 1.165) is 0 Å². The van der Waals surface area contributed by atoms with E-state index >= 15 is 0 Å². The van der Waals surface area contributed by atoms with Crippen LogP contribution in [0.2, 0.25) is 0 Å². The second-order valence-electron chi connectivity index (χ2n) is 5.24. The number of nitrogens with one attached hydrogen (secondary N) is 2. The van der Waals surface area contributed by atoms with Gasteiger partial charge in [0.25, 0.3) is 0 Å². The van der Waals surface area contributed by atoms with Crippen molar-refractivity contribution >= 4 is 17.8 Å². The monoisotopic (exact) mass is 324 g/mol. The first-order chi connectivity index (χ1) is 10.9. The molecule has 6 nitrogen and oxygen atoms in total. The molecule has 2 amide bonds. The summed E-state index contributed by atoms with van der Waals surface area (Å²) in [5.41, 5.74) is 1.22. The number of allylic oxidation sites excluding steroid dienone is 2. The van der Waals surface area contributed by atoms with Crippen molar-refractivity contribution in [3.8, 4) is 0 Å². The van der Waals surface area contributed by atoms with Crippen molar-refractivity contribution in [2.24, 2.45) is 0 Å². The number of methoxy groups -OCH3 is 1. The minimum absolute atomic E-state index is 0.0889. The average molecular weight is 324 g/mol. The number of ether oxygens (including phenoxy) is 1. The van der Waals surface area contributed by atoms with E-state index in [-0.39, 0.29) is 11.8 Å². The van der Waals surface area contributed by atoms with Crippen LogP contribution in [0.3, 0.4) is 0 Å². The summed E-state index contributed by atoms with van der Waals surface area (Å²) < 4.78 is 4.72. The summed E-state index contributed by atoms with van der Waals surface area (Å²) in [6.07, 6.45) is 5.30. The van der Waals surface area contributed by atoms with Gasteiger partial charge in [0.05, 0.1) is 7.11 Å². The molecule has 2 N–H and O–H groups in total. The molecule has 0 bridgehead atoms. The lowest BCUT2D eigenvalue weighted by molar-refractivity contribution is -0.144. The summed E-state index contributed by atoms with van der Waals surface area (Å²) in [6, 6.07) is -0.671. The van der Waals surface area contributed by atoms with Crippen LogP contribution in [0, 0.1) is 0 Å². The highest BCUT2D eigenvalue weighted by atomic mass is 16.5. The molecule has 0 saturated carbocycles. The van der Waals surface area contributed by atoms with E-state index in [1.54, 1.807) is 32.9 Å². The minimum Gasteiger partial charge on any atom is -0.467 e. The predicted molar refractivity (Wildman–Crippen MR) is 89.7 cm³/mol. The maximum Gasteiger partial charge on any atom is 0.328 e. The molecule has 0 aromatic carbocycles. The van der Waals surface area contributed by atoms with E-state index in [1.807, 2.05) is 6.92 Å². The fraction of sp³-hybridized carbons (Fsp3) is 0.588. The quantitative estimate of drug-likeness (QED) is 0.385. The van der Waals surface area contributed by atoms with Gasteiger partial charge >= 0.3 is 5.97 Å². The standard InChI is InChI=1S/C17H28N2O4/c1-6-12(3)15(20)18-11-9-8-10-14(17(22)23-5)19-16(21)13(4)7-2/h6-7,14H,8-11H2,1-5H3,(H,18,20)(H,19,21)/b12-6+,13-7+/t14-/m0/s1. The van der Waals surface area contributed by atoms with Crippen LogP contribution in [0.5, 0.6) is 0 Å². The van der Waals surface area contributed by atoms with Crippen LogP contribution in [0.25, 0.3) is 0 Å². The van der Waals surface area contributed by atoms with Gasteiger partial charge in [-0.25, -0.2) is 4.79 Å². The summed E-state index contributed by atoms with van der Waals surface area (Å²) >= 11 is 0. The molecule has 0 aliphatic rings. The van der Waals surface area contributed by atoms with E-state index in [9.17, 15) is 14.4 Å². The van der Waals surface area contributed by atoms with Crippen molar-refractivity contribution in [3.05, 3.63) is 23.3 Å². The lowest BCUT2D eigenvalue weighted by atomic mass is 10.1. The lowest BCUT2D eigenvalue weighted by Crippen LogP contribution is -2.42. The first-order valence-corrected chi connectivity index (χ1v) is 7.80. The third kappa shape index (κ3) is 8.18. The van der Waals surface area contributed by atoms with Gasteiger partial charge in [-0.2, -0.15) is 0 Å². The summed E-state index contributed by atoms with van der Waals surface area (Å²) in [5.74, 6) is -0.829. The van der Waals surface area contributed by atoms with Crippen LogP contribution in [-0.2, 0) is 19.1 Å². The normalized spacial score (nSPS) is 13.3. The van der Waals surface area contributed by atoms with E-state index in [2.05, 4.69) is 10.6 Å². The van der Waals surface area contributed by atoms with Crippen molar-refractivity contribution in [1.29, 1.82) is 0 Å². The maximum absolute atomic E-state index is 11.8. The van der Waals surface area contributed by atoms with Gasteiger partial charge in [0.2, 0.25) is 11.8 Å². The molecule has 0 aliphatic carbocycles. The number of amides is 2. The van der Waals surface area contributed by atoms with Crippen LogP contribution >= 0.6 is 0 Å². The molecule has 1 atom stereocenters. The summed E-state index contributed by atoms with van der Waals surface area (Å²) in [5, 5.41) is 5.47. The fourth-order valence-corrected chi connectivity index (χ4v) is 1.74. The van der Waals surface area contributed by atoms with Gasteiger partial charge in [-0.05, 0) is 47.0 Å². The van der Waals surface area contributed by atoms with Crippen LogP contribution in [0.15, 0.2) is 23.3 Å². The zero-order valence-electron chi connectivity index (χ0n) is 14.7. The molecule has 0 rings (SSSR count). The molecule has 130 valence electrons. The van der Waals surface area contributed by atoms with Gasteiger partial charge in [-0.15, -0.1) is 0 Å². The Morgan fingerprint density at radius 2 is 1.57 bits per heavy atom. The Bertz CT molecular complexity index is 481. The largest absolute Gasteiger partial charge is 0.467 e. The molecule has 0 heterocycles. The molecule has 0 radical (unpaired) electrons. The fourth-order valence-electron chi connectivity index (χ4n) is 1.74. The topological polar surface area (TPSA) is 84.5 Å². The van der Waals surface area contributed by atoms with Gasteiger partial charge in [-0.1, -0.05) is 12.2 Å². The van der Waals surface area contributed by atoms with Crippen molar-refractivity contribution in [1.82, 2.24) is 10.6 Å². The van der Waals surface area contributed by atoms with Gasteiger partial charge in [0, 0.05) is 17.7 Å². The van der Waals surface area contributed by atoms with Crippen LogP contribution < -0.4 is 10.6 Å². The second kappa shape index (κ2) is 11.5. The smallest absolute Gasteiger partial charge is 0.328 e. The molecule has 23 heavy (non-hydrogen) atoms. The number of hydrogen-bond donors (Lipinski definition) is 2. The van der Waals surface area contributed by atoms with Crippen molar-refractivity contribution in [2.45, 2.75) is 53.0 Å². The average Bonchev–Trinajstić information content (AvgIpc) is 2.57. The summed E-state index contributed by atoms with van der Waals surface area (Å²) in [4.78, 5) is 35.1. The third-order valence-electron chi connectivity index (χ3n) is 3.58. The predicted octanol–water partition coefficient (Wildman–Crippen LogP) is 1.86. The van der Waals surface area contributed by atoms with E-state index in [1.165, 1.54) is 7.11 Å². The number of unbranched alkanes of at least 4 members (excludes halogenated alkanes) is 1. The van der Waals surface area contributed by atoms with E-state index in [4.69, 9.17) is 4.74 Å². The number of carbonyl (C=O) groups excluding carboxylic acids is 3. The first-order valence-electron chi connectivity index (χ1n) is 7.80. The first kappa shape index (κ1) is 20.9. The highest BCUT2D eigenvalue weighted by molar-refractivity contribution is 5.95. The molecule has 0 fully saturated rings. The molecule has 0 saturated heterocycles. The molecule has 0 unspecified atom stereocenters. The Morgan fingerprint density at radius 3 is 2.09 bits per heavy atom. The number of esters is 1. The SMILES string of the molecule is C/C=C(\C)C(=O)NCCCC[C@H](NC(=O)/C(C)=C/C)C(=O)OC.